The van der Waals surface area contributed by atoms with Crippen molar-refractivity contribution in [3.8, 4) is 79.2 Å². The van der Waals surface area contributed by atoms with Crippen LogP contribution in [0.1, 0.15) is 0 Å². The molecule has 0 atom stereocenters. The molecule has 0 amide bonds. The van der Waals surface area contributed by atoms with Gasteiger partial charge in [-0.05, 0) is 132 Å². The molecule has 0 unspecified atom stereocenters. The van der Waals surface area contributed by atoms with Gasteiger partial charge in [-0.2, -0.15) is 0 Å². The molecule has 0 spiro atoms. The highest BCUT2D eigenvalue weighted by Gasteiger charge is 2.22. The summed E-state index contributed by atoms with van der Waals surface area (Å²) < 4.78 is 9.56. The van der Waals surface area contributed by atoms with Gasteiger partial charge in [0, 0.05) is 82.4 Å². The van der Waals surface area contributed by atoms with E-state index < -0.39 is 0 Å². The fourth-order valence-corrected chi connectivity index (χ4v) is 13.9. The summed E-state index contributed by atoms with van der Waals surface area (Å²) in [5.74, 6) is 1.77. The van der Waals surface area contributed by atoms with Crippen molar-refractivity contribution in [2.75, 3.05) is 0 Å². The van der Waals surface area contributed by atoms with Gasteiger partial charge in [0.05, 0.1) is 49.8 Å². The standard InChI is InChI=1S/C81H51N7/c1-3-21-52(22-4-1)79-82-80(56-24-20-28-60(48-56)86-70-35-13-7-29-61(70)62-30-8-14-36-71(62)86)84-81(83-79)57-43-46-76(88-74-39-17-9-31-63(74)64-32-10-18-40-75(64)88)67(51-57)55-23-19-27-59(47-55)87-73-38-16-12-34-66(73)69-50-54(42-45-78(69)87)53-41-44-77-68(49-53)65-33-11-15-37-72(65)85(77)58-25-5-2-6-26-58/h1-51H. The Bertz CT molecular complexity index is 5720. The summed E-state index contributed by atoms with van der Waals surface area (Å²) in [5.41, 5.74) is 20.6. The largest absolute Gasteiger partial charge is 0.309 e. The summed E-state index contributed by atoms with van der Waals surface area (Å²) in [5, 5.41) is 9.67. The summed E-state index contributed by atoms with van der Waals surface area (Å²) in [4.78, 5) is 16.0. The Morgan fingerprint density at radius 1 is 0.182 bits per heavy atom. The Hall–Kier alpha value is -11.9. The smallest absolute Gasteiger partial charge is 0.164 e. The second-order valence-corrected chi connectivity index (χ2v) is 22.7. The van der Waals surface area contributed by atoms with E-state index in [0.717, 1.165) is 83.7 Å². The van der Waals surface area contributed by atoms with Gasteiger partial charge in [0.2, 0.25) is 0 Å². The highest BCUT2D eigenvalue weighted by atomic mass is 15.0. The third-order valence-electron chi connectivity index (χ3n) is 17.8. The van der Waals surface area contributed by atoms with Crippen LogP contribution in [0.5, 0.6) is 0 Å². The molecule has 18 rings (SSSR count). The lowest BCUT2D eigenvalue weighted by Gasteiger charge is -2.17. The van der Waals surface area contributed by atoms with E-state index in [0.29, 0.717) is 17.5 Å². The van der Waals surface area contributed by atoms with Crippen LogP contribution in [0.2, 0.25) is 0 Å². The third-order valence-corrected chi connectivity index (χ3v) is 17.8. The number of fused-ring (bicyclic) bond motifs is 12. The number of nitrogens with zero attached hydrogens (tertiary/aromatic N) is 7. The van der Waals surface area contributed by atoms with E-state index >= 15 is 0 Å². The van der Waals surface area contributed by atoms with Gasteiger partial charge >= 0.3 is 0 Å². The molecule has 0 aliphatic carbocycles. The van der Waals surface area contributed by atoms with Gasteiger partial charge in [-0.15, -0.1) is 0 Å². The number of rotatable bonds is 9. The van der Waals surface area contributed by atoms with Crippen molar-refractivity contribution in [1.29, 1.82) is 0 Å². The van der Waals surface area contributed by atoms with Crippen molar-refractivity contribution in [2.45, 2.75) is 0 Å². The Balaban J connectivity index is 0.807. The maximum atomic E-state index is 5.43. The lowest BCUT2D eigenvalue weighted by atomic mass is 9.99. The Kier molecular flexibility index (Phi) is 11.2. The molecule has 0 saturated heterocycles. The van der Waals surface area contributed by atoms with Gasteiger partial charge in [0.25, 0.3) is 0 Å². The SMILES string of the molecule is c1ccc(-c2nc(-c3cccc(-n4c5ccccc5c5ccccc54)c3)nc(-c3ccc(-n4c5ccccc5c5ccccc54)c(-c4cccc(-n5c6ccccc6c6cc(-c7ccc8c(c7)c7ccccc7n8-c7ccccc7)ccc65)c4)c3)n2)cc1. The van der Waals surface area contributed by atoms with Crippen LogP contribution in [-0.2, 0) is 0 Å². The molecule has 7 nitrogen and oxygen atoms in total. The zero-order valence-corrected chi connectivity index (χ0v) is 47.6. The molecule has 0 bridgehead atoms. The number of hydrogen-bond acceptors (Lipinski definition) is 3. The number of aromatic nitrogens is 7. The fraction of sp³-hybridized carbons (Fsp3) is 0. The summed E-state index contributed by atoms with van der Waals surface area (Å²) in [6.07, 6.45) is 0. The molecule has 0 aliphatic rings. The van der Waals surface area contributed by atoms with Gasteiger partial charge in [-0.3, -0.25) is 0 Å². The highest BCUT2D eigenvalue weighted by molar-refractivity contribution is 6.14. The maximum Gasteiger partial charge on any atom is 0.164 e. The van der Waals surface area contributed by atoms with Crippen molar-refractivity contribution in [2.24, 2.45) is 0 Å². The molecule has 88 heavy (non-hydrogen) atoms. The van der Waals surface area contributed by atoms with Gasteiger partial charge in [-0.1, -0.05) is 194 Å². The van der Waals surface area contributed by atoms with E-state index in [2.05, 4.69) is 309 Å². The van der Waals surface area contributed by atoms with Crippen LogP contribution >= 0.6 is 0 Å². The lowest BCUT2D eigenvalue weighted by Crippen LogP contribution is -2.02. The van der Waals surface area contributed by atoms with Crippen LogP contribution in [0.15, 0.2) is 309 Å². The maximum absolute atomic E-state index is 5.43. The molecule has 5 aromatic heterocycles. The number of hydrogen-bond donors (Lipinski definition) is 0. The molecule has 0 N–H and O–H groups in total. The quantitative estimate of drug-likeness (QED) is 0.145. The molecule has 410 valence electrons. The second kappa shape index (κ2) is 19.8. The summed E-state index contributed by atoms with van der Waals surface area (Å²) in [7, 11) is 0. The second-order valence-electron chi connectivity index (χ2n) is 22.7. The van der Waals surface area contributed by atoms with E-state index in [4.69, 9.17) is 15.0 Å². The van der Waals surface area contributed by atoms with E-state index in [9.17, 15) is 0 Å². The predicted octanol–water partition coefficient (Wildman–Crippen LogP) is 20.6. The number of benzene rings is 13. The topological polar surface area (TPSA) is 58.4 Å². The average molecular weight is 1120 g/mol. The Morgan fingerprint density at radius 2 is 0.500 bits per heavy atom. The third kappa shape index (κ3) is 7.81. The first kappa shape index (κ1) is 49.5. The van der Waals surface area contributed by atoms with Crippen LogP contribution in [0, 0.1) is 0 Å². The van der Waals surface area contributed by atoms with Gasteiger partial charge in [0.1, 0.15) is 0 Å². The van der Waals surface area contributed by atoms with Crippen molar-refractivity contribution < 1.29 is 0 Å². The van der Waals surface area contributed by atoms with Gasteiger partial charge in [-0.25, -0.2) is 15.0 Å². The molecule has 0 fully saturated rings. The Labute approximate surface area is 506 Å². The predicted molar refractivity (Wildman–Crippen MR) is 364 cm³/mol. The minimum Gasteiger partial charge on any atom is -0.309 e. The van der Waals surface area contributed by atoms with Crippen molar-refractivity contribution in [3.05, 3.63) is 309 Å². The van der Waals surface area contributed by atoms with Crippen molar-refractivity contribution in [1.82, 2.24) is 33.2 Å². The zero-order valence-electron chi connectivity index (χ0n) is 47.6. The van der Waals surface area contributed by atoms with Crippen LogP contribution in [-0.4, -0.2) is 33.2 Å². The highest BCUT2D eigenvalue weighted by Crippen LogP contribution is 2.43. The van der Waals surface area contributed by atoms with E-state index in [1.54, 1.807) is 0 Å². The first-order valence-corrected chi connectivity index (χ1v) is 29.9. The van der Waals surface area contributed by atoms with Crippen LogP contribution in [0.4, 0.5) is 0 Å². The molecular weight excluding hydrogens is 1070 g/mol. The van der Waals surface area contributed by atoms with Crippen molar-refractivity contribution in [3.63, 3.8) is 0 Å². The molecule has 13 aromatic carbocycles. The molecule has 18 aromatic rings. The van der Waals surface area contributed by atoms with E-state index in [1.807, 2.05) is 18.2 Å². The minimum atomic E-state index is 0.580. The molecular formula is C81H51N7. The fourth-order valence-electron chi connectivity index (χ4n) is 13.9. The van der Waals surface area contributed by atoms with Crippen LogP contribution < -0.4 is 0 Å². The molecule has 7 heteroatoms. The van der Waals surface area contributed by atoms with Crippen molar-refractivity contribution >= 4 is 87.2 Å². The summed E-state index contributed by atoms with van der Waals surface area (Å²) in [6.45, 7) is 0. The lowest BCUT2D eigenvalue weighted by molar-refractivity contribution is 1.07. The van der Waals surface area contributed by atoms with Gasteiger partial charge < -0.3 is 18.3 Å². The normalized spacial score (nSPS) is 11.9. The Morgan fingerprint density at radius 3 is 0.977 bits per heavy atom. The first-order valence-electron chi connectivity index (χ1n) is 29.9. The molecule has 0 aliphatic heterocycles. The molecule has 5 heterocycles. The molecule has 0 radical (unpaired) electrons. The minimum absolute atomic E-state index is 0.580. The monoisotopic (exact) mass is 1120 g/mol. The molecule has 0 saturated carbocycles. The first-order chi connectivity index (χ1) is 43.6. The average Bonchev–Trinajstić information content (AvgIpc) is 2.74. The van der Waals surface area contributed by atoms with Crippen LogP contribution in [0.25, 0.3) is 166 Å². The van der Waals surface area contributed by atoms with Crippen LogP contribution in [0.3, 0.4) is 0 Å². The summed E-state index contributed by atoms with van der Waals surface area (Å²) >= 11 is 0. The summed E-state index contributed by atoms with van der Waals surface area (Å²) in [6, 6.07) is 111. The van der Waals surface area contributed by atoms with E-state index in [1.165, 1.54) is 65.3 Å². The van der Waals surface area contributed by atoms with E-state index in [-0.39, 0.29) is 0 Å². The zero-order chi connectivity index (χ0) is 57.8. The number of para-hydroxylation sites is 7. The van der Waals surface area contributed by atoms with Gasteiger partial charge in [0.15, 0.2) is 17.5 Å².